The van der Waals surface area contributed by atoms with Gasteiger partial charge in [-0.3, -0.25) is 0 Å². The Morgan fingerprint density at radius 1 is 1.20 bits per heavy atom. The third-order valence-electron chi connectivity index (χ3n) is 3.06. The Morgan fingerprint density at radius 2 is 1.80 bits per heavy atom. The first-order chi connectivity index (χ1) is 6.77. The molecule has 0 unspecified atom stereocenters. The summed E-state index contributed by atoms with van der Waals surface area (Å²) in [4.78, 5) is 2.30. The Kier molecular flexibility index (Phi) is 4.55. The van der Waals surface area contributed by atoms with Crippen LogP contribution in [0.4, 0.5) is 4.39 Å². The molecule has 0 aliphatic carbocycles. The lowest BCUT2D eigenvalue weighted by atomic mass is 9.89. The zero-order chi connectivity index (χ0) is 9.97. The largest absolute Gasteiger partial charge is 0.306 e. The summed E-state index contributed by atoms with van der Waals surface area (Å²) < 4.78 is 13.5. The minimum absolute atomic E-state index is 0. The first kappa shape index (κ1) is 12.5. The standard InChI is InChI=1S/C12H16FN.ClH/c1-14-8-6-10(7-9-14)11-4-2-3-5-12(11)13;/h2-5,10H,6-9H2,1H3;1H. The number of benzene rings is 1. The maximum atomic E-state index is 13.5. The second-order valence-corrected chi connectivity index (χ2v) is 4.10. The Bertz CT molecular complexity index is 308. The molecule has 0 amide bonds. The summed E-state index contributed by atoms with van der Waals surface area (Å²) >= 11 is 0. The van der Waals surface area contributed by atoms with Crippen LogP contribution in [-0.2, 0) is 0 Å². The van der Waals surface area contributed by atoms with Gasteiger partial charge in [0.2, 0.25) is 0 Å². The van der Waals surface area contributed by atoms with E-state index in [-0.39, 0.29) is 18.2 Å². The lowest BCUT2D eigenvalue weighted by molar-refractivity contribution is 0.253. The molecule has 1 aromatic carbocycles. The average Bonchev–Trinajstić information content (AvgIpc) is 2.20. The van der Waals surface area contributed by atoms with E-state index in [9.17, 15) is 4.39 Å². The Labute approximate surface area is 96.7 Å². The van der Waals surface area contributed by atoms with Gasteiger partial charge in [-0.15, -0.1) is 12.4 Å². The van der Waals surface area contributed by atoms with Gasteiger partial charge in [-0.1, -0.05) is 18.2 Å². The van der Waals surface area contributed by atoms with Crippen LogP contribution in [0.1, 0.15) is 24.3 Å². The topological polar surface area (TPSA) is 3.24 Å². The van der Waals surface area contributed by atoms with Crippen LogP contribution < -0.4 is 0 Å². The summed E-state index contributed by atoms with van der Waals surface area (Å²) in [5, 5.41) is 0. The zero-order valence-electron chi connectivity index (χ0n) is 8.95. The SMILES string of the molecule is CN1CCC(c2ccccc2F)CC1.Cl. The highest BCUT2D eigenvalue weighted by Gasteiger charge is 2.20. The van der Waals surface area contributed by atoms with Gasteiger partial charge in [-0.05, 0) is 50.5 Å². The lowest BCUT2D eigenvalue weighted by Gasteiger charge is -2.29. The number of hydrogen-bond donors (Lipinski definition) is 0. The van der Waals surface area contributed by atoms with E-state index in [4.69, 9.17) is 0 Å². The molecular formula is C12H17ClFN. The van der Waals surface area contributed by atoms with Crippen LogP contribution in [0.15, 0.2) is 24.3 Å². The van der Waals surface area contributed by atoms with Gasteiger partial charge in [0.05, 0.1) is 0 Å². The van der Waals surface area contributed by atoms with Crippen LogP contribution >= 0.6 is 12.4 Å². The third-order valence-corrected chi connectivity index (χ3v) is 3.06. The summed E-state index contributed by atoms with van der Waals surface area (Å²) in [6, 6.07) is 7.17. The first-order valence-electron chi connectivity index (χ1n) is 5.20. The minimum atomic E-state index is -0.0398. The van der Waals surface area contributed by atoms with E-state index in [0.717, 1.165) is 31.5 Å². The predicted octanol–water partition coefficient (Wildman–Crippen LogP) is 3.06. The molecule has 0 saturated carbocycles. The van der Waals surface area contributed by atoms with Crippen LogP contribution in [0.25, 0.3) is 0 Å². The Morgan fingerprint density at radius 3 is 2.40 bits per heavy atom. The fourth-order valence-corrected chi connectivity index (χ4v) is 2.13. The van der Waals surface area contributed by atoms with Crippen molar-refractivity contribution < 1.29 is 4.39 Å². The van der Waals surface area contributed by atoms with Crippen LogP contribution in [-0.4, -0.2) is 25.0 Å². The first-order valence-corrected chi connectivity index (χ1v) is 5.20. The molecule has 1 saturated heterocycles. The van der Waals surface area contributed by atoms with Crippen molar-refractivity contribution in [3.63, 3.8) is 0 Å². The van der Waals surface area contributed by atoms with Gasteiger partial charge in [0.25, 0.3) is 0 Å². The summed E-state index contributed by atoms with van der Waals surface area (Å²) in [7, 11) is 2.12. The molecule has 84 valence electrons. The maximum Gasteiger partial charge on any atom is 0.126 e. The van der Waals surface area contributed by atoms with Gasteiger partial charge in [-0.25, -0.2) is 4.39 Å². The molecule has 0 radical (unpaired) electrons. The molecule has 15 heavy (non-hydrogen) atoms. The van der Waals surface area contributed by atoms with Crippen molar-refractivity contribution >= 4 is 12.4 Å². The Balaban J connectivity index is 0.00000112. The van der Waals surface area contributed by atoms with Crippen LogP contribution in [0.3, 0.4) is 0 Å². The van der Waals surface area contributed by atoms with Gasteiger partial charge in [0.1, 0.15) is 5.82 Å². The van der Waals surface area contributed by atoms with Crippen molar-refractivity contribution in [2.45, 2.75) is 18.8 Å². The summed E-state index contributed by atoms with van der Waals surface area (Å²) in [6.45, 7) is 2.16. The van der Waals surface area contributed by atoms with Crippen LogP contribution in [0.2, 0.25) is 0 Å². The molecule has 1 aromatic rings. The fraction of sp³-hybridized carbons (Fsp3) is 0.500. The van der Waals surface area contributed by atoms with Gasteiger partial charge in [-0.2, -0.15) is 0 Å². The zero-order valence-corrected chi connectivity index (χ0v) is 9.77. The molecule has 0 spiro atoms. The van der Waals surface area contributed by atoms with Crippen molar-refractivity contribution in [1.82, 2.24) is 4.90 Å². The normalized spacial score (nSPS) is 18.5. The minimum Gasteiger partial charge on any atom is -0.306 e. The number of piperidine rings is 1. The van der Waals surface area contributed by atoms with Crippen molar-refractivity contribution in [2.24, 2.45) is 0 Å². The smallest absolute Gasteiger partial charge is 0.126 e. The monoisotopic (exact) mass is 229 g/mol. The third kappa shape index (κ3) is 2.93. The van der Waals surface area contributed by atoms with E-state index >= 15 is 0 Å². The molecule has 1 nitrogen and oxygen atoms in total. The van der Waals surface area contributed by atoms with E-state index in [1.54, 1.807) is 12.1 Å². The predicted molar refractivity (Wildman–Crippen MR) is 63.1 cm³/mol. The summed E-state index contributed by atoms with van der Waals surface area (Å²) in [6.07, 6.45) is 2.16. The maximum absolute atomic E-state index is 13.5. The highest BCUT2D eigenvalue weighted by Crippen LogP contribution is 2.28. The molecule has 3 heteroatoms. The molecule has 1 heterocycles. The van der Waals surface area contributed by atoms with Crippen LogP contribution in [0, 0.1) is 5.82 Å². The van der Waals surface area contributed by atoms with Crippen molar-refractivity contribution in [2.75, 3.05) is 20.1 Å². The molecule has 0 atom stereocenters. The molecule has 1 fully saturated rings. The van der Waals surface area contributed by atoms with Crippen LogP contribution in [0.5, 0.6) is 0 Å². The molecule has 0 bridgehead atoms. The summed E-state index contributed by atoms with van der Waals surface area (Å²) in [5.41, 5.74) is 0.903. The van der Waals surface area contributed by atoms with Gasteiger partial charge < -0.3 is 4.90 Å². The highest BCUT2D eigenvalue weighted by molar-refractivity contribution is 5.85. The molecule has 2 rings (SSSR count). The van der Waals surface area contributed by atoms with Gasteiger partial charge in [0, 0.05) is 0 Å². The fourth-order valence-electron chi connectivity index (χ4n) is 2.13. The number of rotatable bonds is 1. The number of nitrogens with zero attached hydrogens (tertiary/aromatic N) is 1. The molecule has 0 aromatic heterocycles. The highest BCUT2D eigenvalue weighted by atomic mass is 35.5. The van der Waals surface area contributed by atoms with E-state index in [2.05, 4.69) is 11.9 Å². The second-order valence-electron chi connectivity index (χ2n) is 4.10. The molecule has 0 N–H and O–H groups in total. The van der Waals surface area contributed by atoms with E-state index in [1.165, 1.54) is 0 Å². The van der Waals surface area contributed by atoms with E-state index < -0.39 is 0 Å². The van der Waals surface area contributed by atoms with Gasteiger partial charge >= 0.3 is 0 Å². The average molecular weight is 230 g/mol. The van der Waals surface area contributed by atoms with E-state index in [0.29, 0.717) is 5.92 Å². The lowest BCUT2D eigenvalue weighted by Crippen LogP contribution is -2.29. The van der Waals surface area contributed by atoms with Crippen molar-refractivity contribution in [3.8, 4) is 0 Å². The second kappa shape index (κ2) is 5.47. The van der Waals surface area contributed by atoms with Crippen molar-refractivity contribution in [3.05, 3.63) is 35.6 Å². The molecule has 1 aliphatic rings. The van der Waals surface area contributed by atoms with Crippen molar-refractivity contribution in [1.29, 1.82) is 0 Å². The molecular weight excluding hydrogens is 213 g/mol. The quantitative estimate of drug-likeness (QED) is 0.716. The number of likely N-dealkylation sites (tertiary alicyclic amines) is 1. The number of hydrogen-bond acceptors (Lipinski definition) is 1. The van der Waals surface area contributed by atoms with E-state index in [1.807, 2.05) is 12.1 Å². The number of halogens is 2. The van der Waals surface area contributed by atoms with Gasteiger partial charge in [0.15, 0.2) is 0 Å². The molecule has 1 aliphatic heterocycles. The summed E-state index contributed by atoms with van der Waals surface area (Å²) in [5.74, 6) is 0.384. The Hall–Kier alpha value is -0.600.